The molecule has 118 valence electrons. The fourth-order valence-corrected chi connectivity index (χ4v) is 3.58. The van der Waals surface area contributed by atoms with Gasteiger partial charge in [0.2, 0.25) is 0 Å². The predicted molar refractivity (Wildman–Crippen MR) is 83.5 cm³/mol. The maximum Gasteiger partial charge on any atom is 0.326 e. The summed E-state index contributed by atoms with van der Waals surface area (Å²) < 4.78 is 5.06. The van der Waals surface area contributed by atoms with E-state index in [4.69, 9.17) is 4.74 Å². The highest BCUT2D eigenvalue weighted by Gasteiger charge is 2.40. The Morgan fingerprint density at radius 2 is 2.19 bits per heavy atom. The number of carbonyl (C=O) groups excluding carboxylic acids is 2. The Hall–Kier alpha value is -1.24. The molecule has 1 saturated heterocycles. The van der Waals surface area contributed by atoms with Crippen LogP contribution in [0.4, 0.5) is 4.79 Å². The third kappa shape index (κ3) is 3.51. The summed E-state index contributed by atoms with van der Waals surface area (Å²) in [5.41, 5.74) is 0. The van der Waals surface area contributed by atoms with Crippen molar-refractivity contribution in [2.75, 3.05) is 26.2 Å². The van der Waals surface area contributed by atoms with Crippen molar-refractivity contribution in [3.05, 3.63) is 0 Å². The average Bonchev–Trinajstić information content (AvgIpc) is 3.00. The van der Waals surface area contributed by atoms with Crippen LogP contribution in [0.1, 0.15) is 33.6 Å². The quantitative estimate of drug-likeness (QED) is 0.728. The van der Waals surface area contributed by atoms with E-state index in [2.05, 4.69) is 11.9 Å². The number of hydrogen-bond acceptors (Lipinski definition) is 5. The molecule has 6 nitrogen and oxygen atoms in total. The normalized spacial score (nSPS) is 25.5. The topological polar surface area (TPSA) is 62.2 Å². The molecule has 2 amide bonds. The van der Waals surface area contributed by atoms with Crippen LogP contribution in [0.25, 0.3) is 0 Å². The summed E-state index contributed by atoms with van der Waals surface area (Å²) in [5, 5.41) is 0.321. The maximum absolute atomic E-state index is 12.3. The minimum absolute atomic E-state index is 0.00593. The van der Waals surface area contributed by atoms with E-state index in [-0.39, 0.29) is 23.3 Å². The van der Waals surface area contributed by atoms with Gasteiger partial charge in [0.25, 0.3) is 0 Å². The molecule has 2 aliphatic rings. The molecule has 2 heterocycles. The van der Waals surface area contributed by atoms with Crippen molar-refractivity contribution in [2.24, 2.45) is 4.99 Å². The first-order chi connectivity index (χ1) is 10.1. The number of urea groups is 1. The molecule has 0 saturated carbocycles. The molecule has 0 aromatic heterocycles. The Kier molecular flexibility index (Phi) is 5.50. The molecule has 0 aromatic carbocycles. The summed E-state index contributed by atoms with van der Waals surface area (Å²) in [6, 6.07) is -0.145. The van der Waals surface area contributed by atoms with Gasteiger partial charge in [-0.3, -0.25) is 14.7 Å². The van der Waals surface area contributed by atoms with E-state index in [1.165, 1.54) is 11.8 Å². The lowest BCUT2D eigenvalue weighted by Crippen LogP contribution is -2.35. The number of carbonyl (C=O) groups is 2. The second-order valence-electron chi connectivity index (χ2n) is 5.22. The molecule has 7 heteroatoms. The Labute approximate surface area is 129 Å². The van der Waals surface area contributed by atoms with Crippen LogP contribution in [0.3, 0.4) is 0 Å². The smallest absolute Gasteiger partial charge is 0.326 e. The maximum atomic E-state index is 12.3. The summed E-state index contributed by atoms with van der Waals surface area (Å²) in [6.45, 7) is 8.33. The first-order valence-corrected chi connectivity index (χ1v) is 8.44. The summed E-state index contributed by atoms with van der Waals surface area (Å²) in [7, 11) is 0. The summed E-state index contributed by atoms with van der Waals surface area (Å²) >= 11 is 1.35. The molecule has 0 spiro atoms. The lowest BCUT2D eigenvalue weighted by molar-refractivity contribution is -0.142. The van der Waals surface area contributed by atoms with Gasteiger partial charge in [0.15, 0.2) is 5.17 Å². The van der Waals surface area contributed by atoms with E-state index < -0.39 is 0 Å². The number of nitrogens with zero attached hydrogens (tertiary/aromatic N) is 3. The van der Waals surface area contributed by atoms with Gasteiger partial charge in [-0.2, -0.15) is 0 Å². The number of aliphatic imine (C=N–C) groups is 1. The van der Waals surface area contributed by atoms with Gasteiger partial charge in [0.05, 0.1) is 12.6 Å². The number of unbranched alkanes of at least 4 members (excludes halogenated alkanes) is 1. The highest BCUT2D eigenvalue weighted by Crippen LogP contribution is 2.31. The highest BCUT2D eigenvalue weighted by atomic mass is 32.2. The number of amidine groups is 1. The number of amides is 2. The minimum atomic E-state index is -0.336. The zero-order chi connectivity index (χ0) is 15.4. The number of hydrogen-bond donors (Lipinski definition) is 0. The van der Waals surface area contributed by atoms with Crippen molar-refractivity contribution in [3.8, 4) is 0 Å². The zero-order valence-corrected chi connectivity index (χ0v) is 13.7. The summed E-state index contributed by atoms with van der Waals surface area (Å²) in [4.78, 5) is 32.2. The van der Waals surface area contributed by atoms with Crippen molar-refractivity contribution in [3.63, 3.8) is 0 Å². The van der Waals surface area contributed by atoms with Crippen molar-refractivity contribution in [2.45, 2.75) is 44.9 Å². The van der Waals surface area contributed by atoms with E-state index in [0.29, 0.717) is 18.3 Å². The van der Waals surface area contributed by atoms with Crippen LogP contribution in [-0.4, -0.2) is 64.5 Å². The van der Waals surface area contributed by atoms with Crippen LogP contribution in [0.5, 0.6) is 0 Å². The van der Waals surface area contributed by atoms with Crippen molar-refractivity contribution >= 4 is 28.9 Å². The van der Waals surface area contributed by atoms with Crippen molar-refractivity contribution in [1.82, 2.24) is 9.80 Å². The van der Waals surface area contributed by atoms with Gasteiger partial charge in [0, 0.05) is 19.6 Å². The fraction of sp³-hybridized carbons (Fsp3) is 0.786. The monoisotopic (exact) mass is 313 g/mol. The molecule has 0 N–H and O–H groups in total. The van der Waals surface area contributed by atoms with Gasteiger partial charge in [-0.25, -0.2) is 4.79 Å². The Bertz CT molecular complexity index is 441. The lowest BCUT2D eigenvalue weighted by Gasteiger charge is -2.18. The molecule has 2 unspecified atom stereocenters. The van der Waals surface area contributed by atoms with E-state index >= 15 is 0 Å². The van der Waals surface area contributed by atoms with E-state index in [9.17, 15) is 9.59 Å². The first-order valence-electron chi connectivity index (χ1n) is 7.56. The highest BCUT2D eigenvalue weighted by molar-refractivity contribution is 8.15. The third-order valence-electron chi connectivity index (χ3n) is 3.61. The Morgan fingerprint density at radius 3 is 2.86 bits per heavy atom. The standard InChI is InChI=1S/C14H23N3O3S/c1-4-6-7-16-8-9-17(14(16)19)13-15-10(3)11(21-13)12(18)20-5-2/h10-11H,4-9H2,1-3H3. The summed E-state index contributed by atoms with van der Waals surface area (Å²) in [6.07, 6.45) is 2.09. The minimum Gasteiger partial charge on any atom is -0.465 e. The van der Waals surface area contributed by atoms with Crippen molar-refractivity contribution in [1.29, 1.82) is 0 Å². The predicted octanol–water partition coefficient (Wildman–Crippen LogP) is 1.95. The van der Waals surface area contributed by atoms with Crippen LogP contribution in [0, 0.1) is 0 Å². The van der Waals surface area contributed by atoms with Gasteiger partial charge >= 0.3 is 12.0 Å². The van der Waals surface area contributed by atoms with Crippen LogP contribution in [-0.2, 0) is 9.53 Å². The van der Waals surface area contributed by atoms with Gasteiger partial charge in [-0.05, 0) is 20.3 Å². The molecule has 2 rings (SSSR count). The number of rotatable bonds is 5. The van der Waals surface area contributed by atoms with Gasteiger partial charge in [-0.15, -0.1) is 0 Å². The van der Waals surface area contributed by atoms with E-state index in [1.54, 1.807) is 11.8 Å². The Morgan fingerprint density at radius 1 is 1.43 bits per heavy atom. The molecule has 0 bridgehead atoms. The van der Waals surface area contributed by atoms with Crippen LogP contribution in [0.2, 0.25) is 0 Å². The second kappa shape index (κ2) is 7.15. The first kappa shape index (κ1) is 16.1. The second-order valence-corrected chi connectivity index (χ2v) is 6.33. The zero-order valence-electron chi connectivity index (χ0n) is 12.9. The molecular formula is C14H23N3O3S. The third-order valence-corrected chi connectivity index (χ3v) is 4.99. The molecule has 2 atom stereocenters. The SMILES string of the molecule is CCCCN1CCN(C2=NC(C)C(C(=O)OCC)S2)C1=O. The van der Waals surface area contributed by atoms with Gasteiger partial charge in [-0.1, -0.05) is 25.1 Å². The van der Waals surface area contributed by atoms with E-state index in [1.807, 2.05) is 11.8 Å². The van der Waals surface area contributed by atoms with Crippen LogP contribution >= 0.6 is 11.8 Å². The summed E-state index contributed by atoms with van der Waals surface area (Å²) in [5.74, 6) is -0.247. The largest absolute Gasteiger partial charge is 0.465 e. The number of esters is 1. The van der Waals surface area contributed by atoms with E-state index in [0.717, 1.165) is 25.9 Å². The molecular weight excluding hydrogens is 290 g/mol. The van der Waals surface area contributed by atoms with Crippen LogP contribution in [0.15, 0.2) is 4.99 Å². The number of ether oxygens (including phenoxy) is 1. The molecule has 21 heavy (non-hydrogen) atoms. The molecule has 0 radical (unpaired) electrons. The van der Waals surface area contributed by atoms with Crippen molar-refractivity contribution < 1.29 is 14.3 Å². The molecule has 0 aromatic rings. The Balaban J connectivity index is 1.96. The fourth-order valence-electron chi connectivity index (χ4n) is 2.40. The molecule has 2 aliphatic heterocycles. The molecule has 1 fully saturated rings. The van der Waals surface area contributed by atoms with Gasteiger partial charge < -0.3 is 9.64 Å². The number of thioether (sulfide) groups is 1. The van der Waals surface area contributed by atoms with Gasteiger partial charge in [0.1, 0.15) is 5.25 Å². The average molecular weight is 313 g/mol. The van der Waals surface area contributed by atoms with Crippen LogP contribution < -0.4 is 0 Å². The molecule has 0 aliphatic carbocycles. The lowest BCUT2D eigenvalue weighted by atomic mass is 10.2.